The number of carbonyl (C=O) groups excluding carboxylic acids is 1. The van der Waals surface area contributed by atoms with Crippen molar-refractivity contribution in [2.45, 2.75) is 20.3 Å². The first kappa shape index (κ1) is 14.6. The van der Waals surface area contributed by atoms with E-state index < -0.39 is 0 Å². The molecule has 1 N–H and O–H groups in total. The molecule has 1 amide bonds. The lowest BCUT2D eigenvalue weighted by molar-refractivity contribution is -0.115. The normalized spacial score (nSPS) is 10.1. The lowest BCUT2D eigenvalue weighted by atomic mass is 10.1. The Hall–Kier alpha value is -1.83. The number of thiophene rings is 1. The Bertz CT molecular complexity index is 683. The summed E-state index contributed by atoms with van der Waals surface area (Å²) in [5.41, 5.74) is 2.37. The van der Waals surface area contributed by atoms with Crippen LogP contribution >= 0.6 is 22.9 Å². The molecule has 20 heavy (non-hydrogen) atoms. The summed E-state index contributed by atoms with van der Waals surface area (Å²) in [6.45, 7) is 3.83. The van der Waals surface area contributed by atoms with E-state index in [1.165, 1.54) is 11.3 Å². The maximum Gasteiger partial charge on any atom is 0.229 e. The Morgan fingerprint density at radius 1 is 1.35 bits per heavy atom. The molecule has 0 saturated carbocycles. The molecule has 1 aromatic carbocycles. The molecule has 1 aromatic heterocycles. The molecule has 2 aromatic rings. The van der Waals surface area contributed by atoms with Gasteiger partial charge in [-0.1, -0.05) is 23.7 Å². The minimum Gasteiger partial charge on any atom is -0.316 e. The number of anilines is 1. The molecule has 0 fully saturated rings. The van der Waals surface area contributed by atoms with Crippen LogP contribution in [0, 0.1) is 25.2 Å². The van der Waals surface area contributed by atoms with Gasteiger partial charge in [0.1, 0.15) is 11.1 Å². The fourth-order valence-electron chi connectivity index (χ4n) is 1.81. The molecular formula is C15H13ClN2OS. The second-order valence-corrected chi connectivity index (χ2v) is 6.11. The number of benzene rings is 1. The van der Waals surface area contributed by atoms with Gasteiger partial charge in [0, 0.05) is 9.90 Å². The van der Waals surface area contributed by atoms with Gasteiger partial charge in [-0.3, -0.25) is 4.79 Å². The molecule has 0 radical (unpaired) electrons. The molecular weight excluding hydrogens is 292 g/mol. The first-order valence-corrected chi connectivity index (χ1v) is 7.25. The highest BCUT2D eigenvalue weighted by Crippen LogP contribution is 2.31. The number of nitrogens with zero attached hydrogens (tertiary/aromatic N) is 1. The van der Waals surface area contributed by atoms with Crippen LogP contribution in [0.1, 0.15) is 21.6 Å². The van der Waals surface area contributed by atoms with Crippen molar-refractivity contribution >= 4 is 33.8 Å². The number of carbonyl (C=O) groups is 1. The fraction of sp³-hybridized carbons (Fsp3) is 0.200. The molecule has 1 heterocycles. The fourth-order valence-corrected chi connectivity index (χ4v) is 2.96. The Kier molecular flexibility index (Phi) is 4.43. The van der Waals surface area contributed by atoms with Crippen LogP contribution in [-0.4, -0.2) is 5.91 Å². The van der Waals surface area contributed by atoms with E-state index in [2.05, 4.69) is 11.4 Å². The molecule has 0 bridgehead atoms. The van der Waals surface area contributed by atoms with Crippen molar-refractivity contribution in [3.05, 3.63) is 50.9 Å². The van der Waals surface area contributed by atoms with Gasteiger partial charge in [-0.25, -0.2) is 0 Å². The molecule has 3 nitrogen and oxygen atoms in total. The van der Waals surface area contributed by atoms with Gasteiger partial charge >= 0.3 is 0 Å². The molecule has 0 aliphatic rings. The number of hydrogen-bond acceptors (Lipinski definition) is 3. The quantitative estimate of drug-likeness (QED) is 0.929. The van der Waals surface area contributed by atoms with E-state index in [0.717, 1.165) is 16.0 Å². The predicted molar refractivity (Wildman–Crippen MR) is 82.3 cm³/mol. The van der Waals surface area contributed by atoms with Crippen molar-refractivity contribution in [3.63, 3.8) is 0 Å². The smallest absolute Gasteiger partial charge is 0.229 e. The van der Waals surface area contributed by atoms with Crippen molar-refractivity contribution in [3.8, 4) is 6.07 Å². The van der Waals surface area contributed by atoms with Gasteiger partial charge in [0.2, 0.25) is 5.91 Å². The highest BCUT2D eigenvalue weighted by Gasteiger charge is 2.14. The summed E-state index contributed by atoms with van der Waals surface area (Å²) in [5.74, 6) is -0.134. The van der Waals surface area contributed by atoms with Crippen molar-refractivity contribution in [2.75, 3.05) is 5.32 Å². The van der Waals surface area contributed by atoms with Crippen LogP contribution in [0.25, 0.3) is 0 Å². The molecule has 0 aliphatic carbocycles. The zero-order chi connectivity index (χ0) is 14.7. The summed E-state index contributed by atoms with van der Waals surface area (Å²) in [4.78, 5) is 13.1. The van der Waals surface area contributed by atoms with Crippen LogP contribution in [0.4, 0.5) is 5.00 Å². The number of rotatable bonds is 3. The zero-order valence-corrected chi connectivity index (χ0v) is 12.7. The minimum absolute atomic E-state index is 0.134. The second kappa shape index (κ2) is 6.08. The van der Waals surface area contributed by atoms with Crippen molar-refractivity contribution in [1.82, 2.24) is 0 Å². The van der Waals surface area contributed by atoms with Gasteiger partial charge in [-0.05, 0) is 37.1 Å². The van der Waals surface area contributed by atoms with E-state index in [9.17, 15) is 4.79 Å². The molecule has 0 atom stereocenters. The largest absolute Gasteiger partial charge is 0.316 e. The van der Waals surface area contributed by atoms with E-state index in [0.29, 0.717) is 15.6 Å². The van der Waals surface area contributed by atoms with Crippen LogP contribution in [0.3, 0.4) is 0 Å². The number of hydrogen-bond donors (Lipinski definition) is 1. The minimum atomic E-state index is -0.134. The number of nitriles is 1. The van der Waals surface area contributed by atoms with Crippen LogP contribution in [0.15, 0.2) is 24.3 Å². The molecule has 0 unspecified atom stereocenters. The van der Waals surface area contributed by atoms with Crippen molar-refractivity contribution < 1.29 is 4.79 Å². The van der Waals surface area contributed by atoms with Crippen LogP contribution in [0.5, 0.6) is 0 Å². The standard InChI is InChI=1S/C15H13ClN2OS/c1-9-10(2)20-15(13(9)8-17)18-14(19)7-11-3-5-12(16)6-4-11/h3-6H,7H2,1-2H3,(H,18,19). The number of aryl methyl sites for hydroxylation is 1. The highest BCUT2D eigenvalue weighted by atomic mass is 35.5. The molecule has 0 spiro atoms. The summed E-state index contributed by atoms with van der Waals surface area (Å²) in [5, 5.41) is 13.2. The molecule has 0 aliphatic heterocycles. The summed E-state index contributed by atoms with van der Waals surface area (Å²) >= 11 is 7.23. The van der Waals surface area contributed by atoms with Gasteiger partial charge < -0.3 is 5.32 Å². The maximum absolute atomic E-state index is 12.0. The second-order valence-electron chi connectivity index (χ2n) is 4.45. The van der Waals surface area contributed by atoms with Crippen molar-refractivity contribution in [2.24, 2.45) is 0 Å². The van der Waals surface area contributed by atoms with Gasteiger partial charge in [0.15, 0.2) is 0 Å². The monoisotopic (exact) mass is 304 g/mol. The third-order valence-electron chi connectivity index (χ3n) is 3.03. The van der Waals surface area contributed by atoms with Crippen LogP contribution in [-0.2, 0) is 11.2 Å². The van der Waals surface area contributed by atoms with Crippen LogP contribution < -0.4 is 5.32 Å². The van der Waals surface area contributed by atoms with Gasteiger partial charge in [0.05, 0.1) is 12.0 Å². The molecule has 0 saturated heterocycles. The maximum atomic E-state index is 12.0. The first-order valence-electron chi connectivity index (χ1n) is 6.05. The number of halogens is 1. The van der Waals surface area contributed by atoms with Gasteiger partial charge in [-0.15, -0.1) is 11.3 Å². The predicted octanol–water partition coefficient (Wildman–Crippen LogP) is 4.07. The third-order valence-corrected chi connectivity index (χ3v) is 4.40. The average molecular weight is 305 g/mol. The highest BCUT2D eigenvalue weighted by molar-refractivity contribution is 7.16. The van der Waals surface area contributed by atoms with E-state index in [1.54, 1.807) is 12.1 Å². The Morgan fingerprint density at radius 3 is 2.60 bits per heavy atom. The van der Waals surface area contributed by atoms with Gasteiger partial charge in [0.25, 0.3) is 0 Å². The lowest BCUT2D eigenvalue weighted by Crippen LogP contribution is -2.14. The molecule has 2 rings (SSSR count). The topological polar surface area (TPSA) is 52.9 Å². The van der Waals surface area contributed by atoms with E-state index in [4.69, 9.17) is 16.9 Å². The summed E-state index contributed by atoms with van der Waals surface area (Å²) in [7, 11) is 0. The van der Waals surface area contributed by atoms with Crippen LogP contribution in [0.2, 0.25) is 5.02 Å². The zero-order valence-electron chi connectivity index (χ0n) is 11.2. The summed E-state index contributed by atoms with van der Waals surface area (Å²) in [6, 6.07) is 9.28. The summed E-state index contributed by atoms with van der Waals surface area (Å²) in [6.07, 6.45) is 0.262. The third kappa shape index (κ3) is 3.19. The number of amides is 1. The Balaban J connectivity index is 2.11. The van der Waals surface area contributed by atoms with Crippen molar-refractivity contribution in [1.29, 1.82) is 5.26 Å². The lowest BCUT2D eigenvalue weighted by Gasteiger charge is -2.04. The first-order chi connectivity index (χ1) is 9.51. The van der Waals surface area contributed by atoms with E-state index >= 15 is 0 Å². The molecule has 5 heteroatoms. The Morgan fingerprint density at radius 2 is 2.00 bits per heavy atom. The number of nitrogens with one attached hydrogen (secondary N) is 1. The van der Waals surface area contributed by atoms with E-state index in [-0.39, 0.29) is 12.3 Å². The average Bonchev–Trinajstić information content (AvgIpc) is 2.67. The van der Waals surface area contributed by atoms with E-state index in [1.807, 2.05) is 26.0 Å². The SMILES string of the molecule is Cc1sc(NC(=O)Cc2ccc(Cl)cc2)c(C#N)c1C. The van der Waals surface area contributed by atoms with Gasteiger partial charge in [-0.2, -0.15) is 5.26 Å². The molecule has 102 valence electrons. The summed E-state index contributed by atoms with van der Waals surface area (Å²) < 4.78 is 0. The Labute approximate surface area is 126 Å².